The second-order valence-electron chi connectivity index (χ2n) is 4.52. The lowest BCUT2D eigenvalue weighted by Crippen LogP contribution is -2.62. The molecular weight excluding hydrogens is 202 g/mol. The number of hydrogen-bond acceptors (Lipinski definition) is 3. The molecule has 1 rings (SSSR count). The van der Waals surface area contributed by atoms with Gasteiger partial charge in [-0.25, -0.2) is 0 Å². The molecular formula is C12H25N3O. The number of nitrogens with zero attached hydrogens (tertiary/aromatic N) is 1. The normalized spacial score (nSPS) is 18.2. The molecule has 0 aromatic rings. The average Bonchev–Trinajstić information content (AvgIpc) is 2.21. The molecule has 1 heterocycles. The Hall–Kier alpha value is -0.610. The Balaban J connectivity index is 2.44. The second-order valence-corrected chi connectivity index (χ2v) is 4.52. The van der Waals surface area contributed by atoms with E-state index in [1.54, 1.807) is 0 Å². The van der Waals surface area contributed by atoms with Crippen LogP contribution in [0, 0.1) is 0 Å². The summed E-state index contributed by atoms with van der Waals surface area (Å²) >= 11 is 0. The minimum Gasteiger partial charge on any atom is -0.355 e. The van der Waals surface area contributed by atoms with Gasteiger partial charge in [-0.3, -0.25) is 9.69 Å². The Morgan fingerprint density at radius 3 is 2.56 bits per heavy atom. The highest BCUT2D eigenvalue weighted by molar-refractivity contribution is 5.81. The van der Waals surface area contributed by atoms with Crippen molar-refractivity contribution in [1.29, 1.82) is 0 Å². The van der Waals surface area contributed by atoms with E-state index in [4.69, 9.17) is 0 Å². The summed E-state index contributed by atoms with van der Waals surface area (Å²) in [6, 6.07) is 0.543. The molecule has 0 aromatic carbocycles. The van der Waals surface area contributed by atoms with E-state index in [9.17, 15) is 4.79 Å². The molecule has 1 unspecified atom stereocenters. The van der Waals surface area contributed by atoms with Crippen molar-refractivity contribution in [3.05, 3.63) is 0 Å². The Morgan fingerprint density at radius 1 is 1.44 bits per heavy atom. The third-order valence-electron chi connectivity index (χ3n) is 3.14. The lowest BCUT2D eigenvalue weighted by molar-refractivity contribution is -0.127. The van der Waals surface area contributed by atoms with Crippen molar-refractivity contribution in [2.45, 2.75) is 45.7 Å². The highest BCUT2D eigenvalue weighted by Gasteiger charge is 2.30. The fourth-order valence-corrected chi connectivity index (χ4v) is 2.01. The summed E-state index contributed by atoms with van der Waals surface area (Å²) in [4.78, 5) is 14.2. The van der Waals surface area contributed by atoms with Crippen LogP contribution in [0.2, 0.25) is 0 Å². The molecule has 16 heavy (non-hydrogen) atoms. The van der Waals surface area contributed by atoms with Crippen LogP contribution >= 0.6 is 0 Å². The van der Waals surface area contributed by atoms with Crippen LogP contribution in [0.15, 0.2) is 0 Å². The van der Waals surface area contributed by atoms with Crippen LogP contribution in [-0.2, 0) is 4.79 Å². The maximum Gasteiger partial charge on any atom is 0.237 e. The molecule has 0 spiro atoms. The average molecular weight is 227 g/mol. The summed E-state index contributed by atoms with van der Waals surface area (Å²) in [5, 5.41) is 6.24. The molecule has 4 nitrogen and oxygen atoms in total. The summed E-state index contributed by atoms with van der Waals surface area (Å²) in [6.07, 6.45) is 2.10. The smallest absolute Gasteiger partial charge is 0.237 e. The van der Waals surface area contributed by atoms with Crippen molar-refractivity contribution < 1.29 is 4.79 Å². The fraction of sp³-hybridized carbons (Fsp3) is 0.917. The molecule has 0 aliphatic carbocycles. The molecule has 94 valence electrons. The van der Waals surface area contributed by atoms with Gasteiger partial charge in [0.05, 0.1) is 6.04 Å². The van der Waals surface area contributed by atoms with Gasteiger partial charge in [-0.1, -0.05) is 13.8 Å². The van der Waals surface area contributed by atoms with Gasteiger partial charge in [-0.15, -0.1) is 0 Å². The summed E-state index contributed by atoms with van der Waals surface area (Å²) in [5.74, 6) is 0.169. The van der Waals surface area contributed by atoms with Crippen molar-refractivity contribution in [2.75, 3.05) is 26.2 Å². The van der Waals surface area contributed by atoms with Gasteiger partial charge in [0.25, 0.3) is 0 Å². The van der Waals surface area contributed by atoms with Gasteiger partial charge in [-0.2, -0.15) is 0 Å². The van der Waals surface area contributed by atoms with Crippen molar-refractivity contribution in [1.82, 2.24) is 15.5 Å². The standard InChI is InChI=1S/C12H25N3O/c1-4-6-14-12(16)10(3)15(7-5-2)11-8-13-9-11/h10-11,13H,4-9H2,1-3H3,(H,14,16). The first-order valence-electron chi connectivity index (χ1n) is 6.44. The van der Waals surface area contributed by atoms with E-state index in [0.29, 0.717) is 6.04 Å². The number of hydrogen-bond donors (Lipinski definition) is 2. The van der Waals surface area contributed by atoms with Gasteiger partial charge in [0.15, 0.2) is 0 Å². The van der Waals surface area contributed by atoms with Crippen LogP contribution in [0.5, 0.6) is 0 Å². The summed E-state index contributed by atoms with van der Waals surface area (Å²) in [6.45, 7) is 10.1. The van der Waals surface area contributed by atoms with Crippen LogP contribution in [0.3, 0.4) is 0 Å². The van der Waals surface area contributed by atoms with Crippen molar-refractivity contribution in [2.24, 2.45) is 0 Å². The van der Waals surface area contributed by atoms with Gasteiger partial charge in [0.2, 0.25) is 5.91 Å². The Kier molecular flexibility index (Phi) is 5.77. The molecule has 0 aromatic heterocycles. The highest BCUT2D eigenvalue weighted by Crippen LogP contribution is 2.10. The molecule has 1 aliphatic heterocycles. The van der Waals surface area contributed by atoms with Gasteiger partial charge >= 0.3 is 0 Å². The van der Waals surface area contributed by atoms with Gasteiger partial charge in [0, 0.05) is 25.7 Å². The Morgan fingerprint density at radius 2 is 2.12 bits per heavy atom. The van der Waals surface area contributed by atoms with E-state index < -0.39 is 0 Å². The third-order valence-corrected chi connectivity index (χ3v) is 3.14. The maximum absolute atomic E-state index is 11.9. The molecule has 2 N–H and O–H groups in total. The molecule has 0 saturated carbocycles. The van der Waals surface area contributed by atoms with Crippen molar-refractivity contribution in [3.8, 4) is 0 Å². The number of carbonyl (C=O) groups excluding carboxylic acids is 1. The molecule has 1 saturated heterocycles. The zero-order valence-corrected chi connectivity index (χ0v) is 10.8. The van der Waals surface area contributed by atoms with E-state index >= 15 is 0 Å². The lowest BCUT2D eigenvalue weighted by Gasteiger charge is -2.41. The first-order valence-corrected chi connectivity index (χ1v) is 6.44. The van der Waals surface area contributed by atoms with Crippen LogP contribution in [0.4, 0.5) is 0 Å². The van der Waals surface area contributed by atoms with Crippen LogP contribution in [0.1, 0.15) is 33.6 Å². The second kappa shape index (κ2) is 6.86. The largest absolute Gasteiger partial charge is 0.355 e. The van der Waals surface area contributed by atoms with Crippen LogP contribution in [0.25, 0.3) is 0 Å². The molecule has 4 heteroatoms. The molecule has 0 bridgehead atoms. The predicted molar refractivity (Wildman–Crippen MR) is 66.4 cm³/mol. The summed E-state index contributed by atoms with van der Waals surface area (Å²) < 4.78 is 0. The van der Waals surface area contributed by atoms with E-state index in [1.807, 2.05) is 6.92 Å². The Labute approximate surface area is 98.8 Å². The number of rotatable bonds is 7. The maximum atomic E-state index is 11.9. The number of amides is 1. The van der Waals surface area contributed by atoms with E-state index in [1.165, 1.54) is 0 Å². The fourth-order valence-electron chi connectivity index (χ4n) is 2.01. The number of nitrogens with one attached hydrogen (secondary N) is 2. The SMILES string of the molecule is CCCNC(=O)C(C)N(CCC)C1CNC1. The van der Waals surface area contributed by atoms with Crippen molar-refractivity contribution in [3.63, 3.8) is 0 Å². The van der Waals surface area contributed by atoms with E-state index in [-0.39, 0.29) is 11.9 Å². The topological polar surface area (TPSA) is 44.4 Å². The highest BCUT2D eigenvalue weighted by atomic mass is 16.2. The summed E-state index contributed by atoms with van der Waals surface area (Å²) in [5.41, 5.74) is 0. The molecule has 1 fully saturated rings. The number of carbonyl (C=O) groups is 1. The summed E-state index contributed by atoms with van der Waals surface area (Å²) in [7, 11) is 0. The third kappa shape index (κ3) is 3.46. The van der Waals surface area contributed by atoms with E-state index in [2.05, 4.69) is 29.4 Å². The first-order chi connectivity index (χ1) is 7.70. The molecule has 1 atom stereocenters. The first kappa shape index (κ1) is 13.5. The zero-order chi connectivity index (χ0) is 12.0. The lowest BCUT2D eigenvalue weighted by atomic mass is 10.1. The van der Waals surface area contributed by atoms with Crippen molar-refractivity contribution >= 4 is 5.91 Å². The molecule has 1 amide bonds. The molecule has 0 radical (unpaired) electrons. The van der Waals surface area contributed by atoms with Gasteiger partial charge in [0.1, 0.15) is 0 Å². The Bertz CT molecular complexity index is 216. The molecule has 1 aliphatic rings. The van der Waals surface area contributed by atoms with E-state index in [0.717, 1.165) is 39.0 Å². The van der Waals surface area contributed by atoms with Crippen LogP contribution < -0.4 is 10.6 Å². The van der Waals surface area contributed by atoms with Gasteiger partial charge < -0.3 is 10.6 Å². The minimum atomic E-state index is -0.00130. The minimum absolute atomic E-state index is 0.00130. The quantitative estimate of drug-likeness (QED) is 0.669. The zero-order valence-electron chi connectivity index (χ0n) is 10.8. The van der Waals surface area contributed by atoms with Gasteiger partial charge in [-0.05, 0) is 26.3 Å². The monoisotopic (exact) mass is 227 g/mol. The predicted octanol–water partition coefficient (Wildman–Crippen LogP) is 0.585. The van der Waals surface area contributed by atoms with Crippen LogP contribution in [-0.4, -0.2) is 49.1 Å².